The van der Waals surface area contributed by atoms with Gasteiger partial charge in [0.25, 0.3) is 5.91 Å². The largest absolute Gasteiger partial charge is 0.419 e. The highest BCUT2D eigenvalue weighted by molar-refractivity contribution is 6.05. The quantitative estimate of drug-likeness (QED) is 0.378. The van der Waals surface area contributed by atoms with Crippen molar-refractivity contribution in [2.75, 3.05) is 42.4 Å². The Hall–Kier alpha value is -4.10. The average Bonchev–Trinajstić information content (AvgIpc) is 3.65. The number of likely N-dealkylation sites (tertiary alicyclic amines) is 1. The van der Waals surface area contributed by atoms with Crippen molar-refractivity contribution >= 4 is 28.7 Å². The Morgan fingerprint density at radius 1 is 1.17 bits per heavy atom. The summed E-state index contributed by atoms with van der Waals surface area (Å²) in [6, 6.07) is 6.70. The van der Waals surface area contributed by atoms with Crippen molar-refractivity contribution in [1.29, 1.82) is 0 Å². The minimum absolute atomic E-state index is 0.144. The molecular formula is C28H32F4N8O. The first-order valence-corrected chi connectivity index (χ1v) is 13.1. The van der Waals surface area contributed by atoms with Gasteiger partial charge in [0.2, 0.25) is 0 Å². The Morgan fingerprint density at radius 3 is 2.56 bits per heavy atom. The standard InChI is InChI=1S/C28H32F4N8O/c1-16-6-7-18(10-24(16)40-15-23(35-36-40)21-13-33-39(5)17(21)2)27(41)34-19-11-22(28(30,31)32)26(29)25(12-19)38(4)20-8-9-37(3)14-20/h6-7,10-13,15,20,35-36H,8-9,14H2,1-5H3,(H,34,41). The van der Waals surface area contributed by atoms with Gasteiger partial charge in [0.15, 0.2) is 5.82 Å². The number of hydrazine groups is 2. The molecule has 1 saturated heterocycles. The second kappa shape index (κ2) is 10.7. The van der Waals surface area contributed by atoms with Crippen molar-refractivity contribution in [1.82, 2.24) is 25.6 Å². The molecule has 0 saturated carbocycles. The van der Waals surface area contributed by atoms with Gasteiger partial charge in [-0.1, -0.05) is 6.07 Å². The molecule has 1 atom stereocenters. The first-order valence-electron chi connectivity index (χ1n) is 13.1. The number of amides is 1. The molecule has 3 heterocycles. The smallest absolute Gasteiger partial charge is 0.368 e. The summed E-state index contributed by atoms with van der Waals surface area (Å²) in [5.41, 5.74) is 8.71. The van der Waals surface area contributed by atoms with Gasteiger partial charge in [0.05, 0.1) is 28.8 Å². The zero-order chi connectivity index (χ0) is 29.6. The van der Waals surface area contributed by atoms with Crippen molar-refractivity contribution in [2.45, 2.75) is 32.5 Å². The Balaban J connectivity index is 1.42. The van der Waals surface area contributed by atoms with Gasteiger partial charge in [0.1, 0.15) is 0 Å². The summed E-state index contributed by atoms with van der Waals surface area (Å²) in [5.74, 6) is -1.98. The molecule has 13 heteroatoms. The Bertz CT molecular complexity index is 1520. The van der Waals surface area contributed by atoms with E-state index in [-0.39, 0.29) is 23.0 Å². The molecule has 3 aromatic rings. The average molecular weight is 573 g/mol. The molecular weight excluding hydrogens is 540 g/mol. The zero-order valence-electron chi connectivity index (χ0n) is 23.4. The van der Waals surface area contributed by atoms with Gasteiger partial charge in [-0.2, -0.15) is 18.3 Å². The highest BCUT2D eigenvalue weighted by atomic mass is 19.4. The molecule has 41 heavy (non-hydrogen) atoms. The van der Waals surface area contributed by atoms with Crippen molar-refractivity contribution in [2.24, 2.45) is 7.05 Å². The molecule has 218 valence electrons. The lowest BCUT2D eigenvalue weighted by atomic mass is 10.1. The number of hydrogen-bond acceptors (Lipinski definition) is 7. The van der Waals surface area contributed by atoms with E-state index in [1.54, 1.807) is 41.1 Å². The molecule has 2 aliphatic heterocycles. The molecule has 0 spiro atoms. The number of benzene rings is 2. The van der Waals surface area contributed by atoms with Crippen LogP contribution in [0, 0.1) is 19.7 Å². The molecule has 1 fully saturated rings. The van der Waals surface area contributed by atoms with Crippen LogP contribution >= 0.6 is 0 Å². The van der Waals surface area contributed by atoms with Crippen molar-refractivity contribution in [3.05, 3.63) is 76.5 Å². The summed E-state index contributed by atoms with van der Waals surface area (Å²) in [7, 11) is 5.33. The predicted molar refractivity (Wildman–Crippen MR) is 150 cm³/mol. The fourth-order valence-corrected chi connectivity index (χ4v) is 5.13. The lowest BCUT2D eigenvalue weighted by Gasteiger charge is -2.28. The number of nitrogens with zero attached hydrogens (tertiary/aromatic N) is 5. The molecule has 0 radical (unpaired) electrons. The summed E-state index contributed by atoms with van der Waals surface area (Å²) in [6.45, 7) is 5.17. The van der Waals surface area contributed by atoms with Crippen molar-refractivity contribution in [3.8, 4) is 0 Å². The first kappa shape index (κ1) is 28.4. The zero-order valence-corrected chi connectivity index (χ0v) is 23.4. The van der Waals surface area contributed by atoms with Crippen LogP contribution in [0.15, 0.2) is 42.7 Å². The second-order valence-corrected chi connectivity index (χ2v) is 10.5. The Kier molecular flexibility index (Phi) is 7.43. The minimum Gasteiger partial charge on any atom is -0.368 e. The molecule has 1 amide bonds. The topological polar surface area (TPSA) is 80.7 Å². The van der Waals surface area contributed by atoms with Gasteiger partial charge < -0.3 is 20.5 Å². The number of aromatic nitrogens is 2. The van der Waals surface area contributed by atoms with Gasteiger partial charge in [0, 0.05) is 55.4 Å². The van der Waals surface area contributed by atoms with E-state index in [9.17, 15) is 18.0 Å². The maximum Gasteiger partial charge on any atom is 0.419 e. The number of likely N-dealkylation sites (N-methyl/N-ethyl adjacent to an activating group) is 2. The van der Waals surface area contributed by atoms with Crippen LogP contribution in [0.5, 0.6) is 0 Å². The Morgan fingerprint density at radius 2 is 1.93 bits per heavy atom. The SMILES string of the molecule is Cc1ccc(C(=O)Nc2cc(N(C)C3CCN(C)C3)c(F)c(C(F)(F)F)c2)cc1N1C=C(c2cnn(C)c2C)NN1. The molecule has 2 aliphatic rings. The fraction of sp³-hybridized carbons (Fsp3) is 0.357. The van der Waals surface area contributed by atoms with E-state index in [2.05, 4.69) is 21.4 Å². The third-order valence-electron chi connectivity index (χ3n) is 7.74. The van der Waals surface area contributed by atoms with Gasteiger partial charge >= 0.3 is 6.18 Å². The lowest BCUT2D eigenvalue weighted by molar-refractivity contribution is -0.139. The maximum absolute atomic E-state index is 15.1. The molecule has 0 bridgehead atoms. The van der Waals surface area contributed by atoms with Gasteiger partial charge in [-0.05, 0) is 63.7 Å². The molecule has 9 nitrogen and oxygen atoms in total. The maximum atomic E-state index is 15.1. The van der Waals surface area contributed by atoms with Gasteiger partial charge in [-0.3, -0.25) is 14.5 Å². The van der Waals surface area contributed by atoms with Crippen LogP contribution in [0.4, 0.5) is 34.6 Å². The summed E-state index contributed by atoms with van der Waals surface area (Å²) in [4.78, 5) is 16.8. The van der Waals surface area contributed by atoms with E-state index in [0.29, 0.717) is 24.7 Å². The van der Waals surface area contributed by atoms with Gasteiger partial charge in [-0.15, -0.1) is 5.53 Å². The van der Waals surface area contributed by atoms with Crippen LogP contribution in [0.3, 0.4) is 0 Å². The summed E-state index contributed by atoms with van der Waals surface area (Å²) in [5, 5.41) is 8.52. The second-order valence-electron chi connectivity index (χ2n) is 10.5. The third-order valence-corrected chi connectivity index (χ3v) is 7.74. The molecule has 5 rings (SSSR count). The minimum atomic E-state index is -4.94. The van der Waals surface area contributed by atoms with Crippen LogP contribution in [-0.2, 0) is 13.2 Å². The van der Waals surface area contributed by atoms with E-state index in [1.165, 1.54) is 11.0 Å². The number of nitrogens with one attached hydrogen (secondary N) is 3. The number of carbonyl (C=O) groups is 1. The van der Waals surface area contributed by atoms with Crippen molar-refractivity contribution in [3.63, 3.8) is 0 Å². The van der Waals surface area contributed by atoms with E-state index in [0.717, 1.165) is 29.1 Å². The van der Waals surface area contributed by atoms with E-state index in [1.807, 2.05) is 39.0 Å². The number of carbonyl (C=O) groups excluding carboxylic acids is 1. The first-order chi connectivity index (χ1) is 19.3. The normalized spacial score (nSPS) is 17.5. The number of halogens is 4. The predicted octanol–water partition coefficient (Wildman–Crippen LogP) is 4.42. The number of aryl methyl sites for hydroxylation is 2. The number of anilines is 3. The van der Waals surface area contributed by atoms with Crippen LogP contribution < -0.4 is 26.2 Å². The van der Waals surface area contributed by atoms with Gasteiger partial charge in [-0.25, -0.2) is 4.39 Å². The summed E-state index contributed by atoms with van der Waals surface area (Å²) in [6.07, 6.45) is -0.682. The molecule has 2 aromatic carbocycles. The van der Waals surface area contributed by atoms with Crippen molar-refractivity contribution < 1.29 is 22.4 Å². The highest BCUT2D eigenvalue weighted by Gasteiger charge is 2.37. The monoisotopic (exact) mass is 572 g/mol. The number of rotatable bonds is 6. The molecule has 3 N–H and O–H groups in total. The van der Waals surface area contributed by atoms with E-state index >= 15 is 4.39 Å². The van der Waals surface area contributed by atoms with Crippen LogP contribution in [0.2, 0.25) is 0 Å². The fourth-order valence-electron chi connectivity index (χ4n) is 5.13. The Labute approximate surface area is 235 Å². The molecule has 1 unspecified atom stereocenters. The number of alkyl halides is 3. The molecule has 0 aliphatic carbocycles. The molecule has 1 aromatic heterocycles. The van der Waals surface area contributed by atoms with E-state index in [4.69, 9.17) is 0 Å². The van der Waals surface area contributed by atoms with Crippen LogP contribution in [0.25, 0.3) is 5.70 Å². The highest BCUT2D eigenvalue weighted by Crippen LogP contribution is 2.39. The number of hydrogen-bond donors (Lipinski definition) is 3. The van der Waals surface area contributed by atoms with E-state index < -0.39 is 23.5 Å². The summed E-state index contributed by atoms with van der Waals surface area (Å²) < 4.78 is 58.3. The third kappa shape index (κ3) is 5.59. The van der Waals surface area contributed by atoms with Crippen LogP contribution in [0.1, 0.15) is 39.2 Å². The summed E-state index contributed by atoms with van der Waals surface area (Å²) >= 11 is 0. The van der Waals surface area contributed by atoms with Crippen LogP contribution in [-0.4, -0.2) is 53.8 Å². The lowest BCUT2D eigenvalue weighted by Crippen LogP contribution is -2.36.